The Morgan fingerprint density at radius 2 is 2.50 bits per heavy atom. The first-order chi connectivity index (χ1) is 7.20. The lowest BCUT2D eigenvalue weighted by Gasteiger charge is -2.13. The molecule has 3 N–H and O–H groups in total. The van der Waals surface area contributed by atoms with Gasteiger partial charge < -0.3 is 15.6 Å². The van der Waals surface area contributed by atoms with Gasteiger partial charge in [-0.3, -0.25) is 4.57 Å². The number of hydrogen-bond donors (Lipinski definition) is 2. The van der Waals surface area contributed by atoms with Crippen LogP contribution in [0.25, 0.3) is 0 Å². The van der Waals surface area contributed by atoms with Crippen molar-refractivity contribution in [2.75, 3.05) is 18.1 Å². The highest BCUT2D eigenvalue weighted by molar-refractivity contribution is 8.00. The molecule has 0 bridgehead atoms. The molecule has 16 heavy (non-hydrogen) atoms. The largest absolute Gasteiger partial charge is 0.393 e. The number of nitrogens with zero attached hydrogens (tertiary/aromatic N) is 2. The second-order valence-electron chi connectivity index (χ2n) is 3.08. The average Bonchev–Trinajstić information content (AvgIpc) is 2.66. The third kappa shape index (κ3) is 2.55. The number of anilines is 1. The number of nitrogen functional groups attached to an aromatic ring is 1. The lowest BCUT2D eigenvalue weighted by molar-refractivity contribution is -0.00629. The van der Waals surface area contributed by atoms with Gasteiger partial charge in [0.1, 0.15) is 17.5 Å². The van der Waals surface area contributed by atoms with E-state index in [1.165, 1.54) is 16.3 Å². The van der Waals surface area contributed by atoms with Crippen molar-refractivity contribution in [2.24, 2.45) is 0 Å². The van der Waals surface area contributed by atoms with Crippen LogP contribution in [0.1, 0.15) is 13.7 Å². The van der Waals surface area contributed by atoms with Crippen LogP contribution in [0, 0.1) is 0 Å². The zero-order valence-corrected chi connectivity index (χ0v) is 8.68. The molecule has 90 valence electrons. The summed E-state index contributed by atoms with van der Waals surface area (Å²) in [5, 5.41) is 8.88. The number of hydrogen-bond acceptors (Lipinski definition) is 6. The van der Waals surface area contributed by atoms with E-state index in [0.29, 0.717) is 5.75 Å². The van der Waals surface area contributed by atoms with Crippen LogP contribution >= 0.6 is 11.8 Å². The molecule has 0 aliphatic carbocycles. The van der Waals surface area contributed by atoms with E-state index in [4.69, 9.17) is 15.6 Å². The first-order valence-electron chi connectivity index (χ1n) is 4.43. The van der Waals surface area contributed by atoms with Crippen LogP contribution in [0.4, 0.5) is 5.82 Å². The molecule has 0 amide bonds. The molecule has 2 heterocycles. The molecule has 1 fully saturated rings. The number of aromatic nitrogens is 2. The molecule has 0 aromatic carbocycles. The Morgan fingerprint density at radius 1 is 1.75 bits per heavy atom. The van der Waals surface area contributed by atoms with Gasteiger partial charge in [-0.05, 0) is 6.07 Å². The predicted octanol–water partition coefficient (Wildman–Crippen LogP) is 0.0420. The number of nitrogens with two attached hydrogens (primary N) is 1. The summed E-state index contributed by atoms with van der Waals surface area (Å²) in [4.78, 5) is 15.0. The number of rotatable bonds is 2. The molecule has 0 radical (unpaired) electrons. The minimum atomic E-state index is -0.431. The fourth-order valence-electron chi connectivity index (χ4n) is 1.33. The summed E-state index contributed by atoms with van der Waals surface area (Å²) >= 11 is 1.47. The Labute approximate surface area is 97.4 Å². The third-order valence-corrected chi connectivity index (χ3v) is 3.15. The summed E-state index contributed by atoms with van der Waals surface area (Å²) in [7, 11) is 0. The highest BCUT2D eigenvalue weighted by Gasteiger charge is 2.27. The summed E-state index contributed by atoms with van der Waals surface area (Å²) in [6, 6.07) is 1.54. The van der Waals surface area contributed by atoms with Crippen molar-refractivity contribution in [1.82, 2.24) is 9.55 Å². The van der Waals surface area contributed by atoms with Gasteiger partial charge in [0.2, 0.25) is 0 Å². The maximum absolute atomic E-state index is 11.4. The van der Waals surface area contributed by atoms with E-state index in [1.54, 1.807) is 12.3 Å². The van der Waals surface area contributed by atoms with Gasteiger partial charge in [-0.25, -0.2) is 4.79 Å². The molecule has 2 atom stereocenters. The van der Waals surface area contributed by atoms with E-state index in [-0.39, 0.29) is 31.5 Å². The summed E-state index contributed by atoms with van der Waals surface area (Å²) < 4.78 is 6.79. The van der Waals surface area contributed by atoms with Crippen molar-refractivity contribution in [2.45, 2.75) is 19.1 Å². The van der Waals surface area contributed by atoms with Crippen molar-refractivity contribution >= 4 is 17.6 Å². The van der Waals surface area contributed by atoms with Crippen LogP contribution in [0.15, 0.2) is 17.1 Å². The first-order valence-corrected chi connectivity index (χ1v) is 5.48. The van der Waals surface area contributed by atoms with Crippen LogP contribution in [-0.4, -0.2) is 32.5 Å². The molecule has 1 saturated heterocycles. The Kier molecular flexibility index (Phi) is 4.34. The standard InChI is InChI=1S/C8H11N3O3S.CH4/c9-5-1-2-11(8(13)10-5)6-4-15-7(3-12)14-6;/h1-2,6-7,12H,3-4H2,(H2,9,10,13);1H4/t6-,7+;/m0./s1. The second kappa shape index (κ2) is 5.33. The fraction of sp³-hybridized carbons (Fsp3) is 0.556. The van der Waals surface area contributed by atoms with Gasteiger partial charge in [-0.2, -0.15) is 4.98 Å². The number of thioether (sulfide) groups is 1. The molecule has 0 spiro atoms. The minimum absolute atomic E-state index is 0. The van der Waals surface area contributed by atoms with Crippen molar-refractivity contribution < 1.29 is 9.84 Å². The van der Waals surface area contributed by atoms with Gasteiger partial charge in [0.05, 0.1) is 6.61 Å². The lowest BCUT2D eigenvalue weighted by Crippen LogP contribution is -2.28. The number of ether oxygens (including phenoxy) is 1. The van der Waals surface area contributed by atoms with E-state index < -0.39 is 5.69 Å². The monoisotopic (exact) mass is 245 g/mol. The molecule has 7 heteroatoms. The summed E-state index contributed by atoms with van der Waals surface area (Å²) in [5.41, 5.74) is 4.67. The Bertz CT molecular complexity index is 409. The quantitative estimate of drug-likeness (QED) is 0.764. The van der Waals surface area contributed by atoms with E-state index in [2.05, 4.69) is 4.98 Å². The summed E-state index contributed by atoms with van der Waals surface area (Å²) in [5.74, 6) is 0.817. The van der Waals surface area contributed by atoms with E-state index in [9.17, 15) is 4.79 Å². The zero-order valence-electron chi connectivity index (χ0n) is 7.87. The molecule has 1 aromatic heterocycles. The second-order valence-corrected chi connectivity index (χ2v) is 4.27. The van der Waals surface area contributed by atoms with Gasteiger partial charge in [0.25, 0.3) is 0 Å². The zero-order chi connectivity index (χ0) is 10.8. The Hall–Kier alpha value is -1.05. The van der Waals surface area contributed by atoms with Crippen LogP contribution in [0.2, 0.25) is 0 Å². The van der Waals surface area contributed by atoms with Crippen molar-refractivity contribution in [3.63, 3.8) is 0 Å². The molecule has 0 unspecified atom stereocenters. The van der Waals surface area contributed by atoms with E-state index in [1.807, 2.05) is 0 Å². The van der Waals surface area contributed by atoms with Crippen LogP contribution in [0.5, 0.6) is 0 Å². The topological polar surface area (TPSA) is 90.4 Å². The smallest absolute Gasteiger partial charge is 0.351 e. The summed E-state index contributed by atoms with van der Waals surface area (Å²) in [6.45, 7) is -0.0572. The van der Waals surface area contributed by atoms with Crippen molar-refractivity contribution in [3.05, 3.63) is 22.7 Å². The molecular weight excluding hydrogens is 230 g/mol. The molecule has 0 saturated carbocycles. The first kappa shape index (κ1) is 13.0. The van der Waals surface area contributed by atoms with E-state index in [0.717, 1.165) is 0 Å². The van der Waals surface area contributed by atoms with Gasteiger partial charge in [0, 0.05) is 11.9 Å². The minimum Gasteiger partial charge on any atom is -0.393 e. The molecule has 1 aliphatic rings. The van der Waals surface area contributed by atoms with Crippen molar-refractivity contribution in [1.29, 1.82) is 0 Å². The number of aliphatic hydroxyl groups excluding tert-OH is 1. The molecule has 1 aromatic rings. The molecule has 2 rings (SSSR count). The SMILES string of the molecule is C.Nc1ccn([C@@H]2CS[C@H](CO)O2)c(=O)n1. The highest BCUT2D eigenvalue weighted by atomic mass is 32.2. The van der Waals surface area contributed by atoms with Crippen LogP contribution < -0.4 is 11.4 Å². The van der Waals surface area contributed by atoms with Gasteiger partial charge in [-0.15, -0.1) is 11.8 Å². The normalized spacial score (nSPS) is 24.1. The number of aliphatic hydroxyl groups is 1. The van der Waals surface area contributed by atoms with Crippen LogP contribution in [0.3, 0.4) is 0 Å². The predicted molar refractivity (Wildman–Crippen MR) is 63.1 cm³/mol. The van der Waals surface area contributed by atoms with Gasteiger partial charge in [-0.1, -0.05) is 7.43 Å². The van der Waals surface area contributed by atoms with Gasteiger partial charge >= 0.3 is 5.69 Å². The van der Waals surface area contributed by atoms with E-state index >= 15 is 0 Å². The molecular formula is C9H15N3O3S. The Morgan fingerprint density at radius 3 is 3.06 bits per heavy atom. The van der Waals surface area contributed by atoms with Crippen molar-refractivity contribution in [3.8, 4) is 0 Å². The molecule has 1 aliphatic heterocycles. The average molecular weight is 245 g/mol. The maximum atomic E-state index is 11.4. The Balaban J connectivity index is 0.00000128. The summed E-state index contributed by atoms with van der Waals surface area (Å²) in [6.07, 6.45) is 1.18. The maximum Gasteiger partial charge on any atom is 0.351 e. The third-order valence-electron chi connectivity index (χ3n) is 2.04. The lowest BCUT2D eigenvalue weighted by atomic mass is 10.5. The fourth-order valence-corrected chi connectivity index (χ4v) is 2.26. The van der Waals surface area contributed by atoms with Crippen LogP contribution in [-0.2, 0) is 4.74 Å². The highest BCUT2D eigenvalue weighted by Crippen LogP contribution is 2.30. The molecule has 6 nitrogen and oxygen atoms in total. The van der Waals surface area contributed by atoms with Gasteiger partial charge in [0.15, 0.2) is 0 Å².